The van der Waals surface area contributed by atoms with Gasteiger partial charge in [-0.2, -0.15) is 0 Å². The highest BCUT2D eigenvalue weighted by Crippen LogP contribution is 2.08. The second kappa shape index (κ2) is 7.24. The molecule has 0 heterocycles. The maximum Gasteiger partial charge on any atom is 0.251 e. The van der Waals surface area contributed by atoms with Crippen molar-refractivity contribution in [1.29, 1.82) is 0 Å². The van der Waals surface area contributed by atoms with Gasteiger partial charge in [0.25, 0.3) is 5.91 Å². The Balaban J connectivity index is 4.48. The van der Waals surface area contributed by atoms with E-state index < -0.39 is 6.04 Å². The molecule has 2 amide bonds. The minimum atomic E-state index is -0.405. The van der Waals surface area contributed by atoms with E-state index in [2.05, 4.69) is 10.7 Å². The summed E-state index contributed by atoms with van der Waals surface area (Å²) in [6.45, 7) is 7.79. The maximum atomic E-state index is 11.6. The highest BCUT2D eigenvalue weighted by Gasteiger charge is 2.27. The fraction of sp³-hybridized carbons (Fsp3) is 0.818. The number of carbonyl (C=O) groups is 2. The molecule has 0 aliphatic carbocycles. The first-order chi connectivity index (χ1) is 7.79. The third-order valence-electron chi connectivity index (χ3n) is 2.36. The third-order valence-corrected chi connectivity index (χ3v) is 2.36. The van der Waals surface area contributed by atoms with Crippen LogP contribution in [0.25, 0.3) is 0 Å². The van der Waals surface area contributed by atoms with Crippen molar-refractivity contribution in [2.24, 2.45) is 11.8 Å². The molecule has 0 spiro atoms. The summed E-state index contributed by atoms with van der Waals surface area (Å²) in [6, 6.07) is -0.311. The first kappa shape index (κ1) is 15.9. The Morgan fingerprint density at radius 2 is 1.76 bits per heavy atom. The standard InChI is InChI=1S/C11H24N4O2/c1-7(2)10(11(17)14-12)15(5)6-9(16)13-8(3)4/h7-8,10H,6,12H2,1-5H3,(H,13,16)(H,14,17). The van der Waals surface area contributed by atoms with E-state index in [4.69, 9.17) is 5.84 Å². The van der Waals surface area contributed by atoms with E-state index >= 15 is 0 Å². The van der Waals surface area contributed by atoms with Gasteiger partial charge in [-0.3, -0.25) is 19.9 Å². The highest BCUT2D eigenvalue weighted by atomic mass is 16.2. The van der Waals surface area contributed by atoms with Crippen LogP contribution in [0.3, 0.4) is 0 Å². The predicted octanol–water partition coefficient (Wildman–Crippen LogP) is -0.543. The maximum absolute atomic E-state index is 11.6. The fourth-order valence-electron chi connectivity index (χ4n) is 1.79. The van der Waals surface area contributed by atoms with E-state index in [1.807, 2.05) is 27.7 Å². The molecule has 0 aliphatic rings. The number of nitrogens with two attached hydrogens (primary N) is 1. The number of amides is 2. The topological polar surface area (TPSA) is 87.5 Å². The Labute approximate surface area is 103 Å². The summed E-state index contributed by atoms with van der Waals surface area (Å²) in [6.07, 6.45) is 0. The van der Waals surface area contributed by atoms with Crippen molar-refractivity contribution < 1.29 is 9.59 Å². The minimum absolute atomic E-state index is 0.0791. The molecule has 1 atom stereocenters. The molecular weight excluding hydrogens is 220 g/mol. The lowest BCUT2D eigenvalue weighted by molar-refractivity contribution is -0.129. The number of likely N-dealkylation sites (N-methyl/N-ethyl adjacent to an activating group) is 1. The zero-order valence-corrected chi connectivity index (χ0v) is 11.3. The van der Waals surface area contributed by atoms with E-state index in [1.165, 1.54) is 0 Å². The van der Waals surface area contributed by atoms with Gasteiger partial charge in [-0.1, -0.05) is 13.8 Å². The molecule has 6 nitrogen and oxygen atoms in total. The summed E-state index contributed by atoms with van der Waals surface area (Å²) in [5.74, 6) is 4.84. The average molecular weight is 244 g/mol. The van der Waals surface area contributed by atoms with Gasteiger partial charge in [0, 0.05) is 6.04 Å². The number of nitrogens with one attached hydrogen (secondary N) is 2. The van der Waals surface area contributed by atoms with Crippen LogP contribution >= 0.6 is 0 Å². The summed E-state index contributed by atoms with van der Waals surface area (Å²) in [5.41, 5.74) is 2.13. The molecule has 1 unspecified atom stereocenters. The van der Waals surface area contributed by atoms with Gasteiger partial charge in [0.15, 0.2) is 0 Å². The molecule has 0 aromatic heterocycles. The fourth-order valence-corrected chi connectivity index (χ4v) is 1.79. The molecule has 100 valence electrons. The van der Waals surface area contributed by atoms with Crippen molar-refractivity contribution in [3.63, 3.8) is 0 Å². The van der Waals surface area contributed by atoms with Crippen molar-refractivity contribution >= 4 is 11.8 Å². The number of carbonyl (C=O) groups excluding carboxylic acids is 2. The van der Waals surface area contributed by atoms with Crippen LogP contribution in [0.4, 0.5) is 0 Å². The van der Waals surface area contributed by atoms with Gasteiger partial charge in [-0.25, -0.2) is 5.84 Å². The van der Waals surface area contributed by atoms with Gasteiger partial charge in [0.05, 0.1) is 12.6 Å². The molecule has 4 N–H and O–H groups in total. The van der Waals surface area contributed by atoms with Crippen LogP contribution in [-0.4, -0.2) is 42.4 Å². The van der Waals surface area contributed by atoms with Crippen LogP contribution in [0, 0.1) is 5.92 Å². The van der Waals surface area contributed by atoms with Crippen molar-refractivity contribution in [2.75, 3.05) is 13.6 Å². The molecular formula is C11H24N4O2. The molecule has 17 heavy (non-hydrogen) atoms. The SMILES string of the molecule is CC(C)NC(=O)CN(C)C(C(=O)NN)C(C)C. The summed E-state index contributed by atoms with van der Waals surface area (Å²) < 4.78 is 0. The molecule has 0 aliphatic heterocycles. The predicted molar refractivity (Wildman–Crippen MR) is 66.9 cm³/mol. The van der Waals surface area contributed by atoms with Crippen LogP contribution in [-0.2, 0) is 9.59 Å². The van der Waals surface area contributed by atoms with Crippen molar-refractivity contribution in [3.05, 3.63) is 0 Å². The number of hydrazine groups is 1. The molecule has 0 saturated heterocycles. The average Bonchev–Trinajstić information content (AvgIpc) is 2.14. The van der Waals surface area contributed by atoms with E-state index in [0.29, 0.717) is 0 Å². The molecule has 6 heteroatoms. The van der Waals surface area contributed by atoms with Crippen molar-refractivity contribution in [1.82, 2.24) is 15.6 Å². The lowest BCUT2D eigenvalue weighted by Crippen LogP contribution is -2.53. The molecule has 0 rings (SSSR count). The highest BCUT2D eigenvalue weighted by molar-refractivity contribution is 5.83. The number of rotatable bonds is 6. The number of hydrogen-bond acceptors (Lipinski definition) is 4. The Bertz CT molecular complexity index is 266. The third kappa shape index (κ3) is 5.65. The van der Waals surface area contributed by atoms with Gasteiger partial charge >= 0.3 is 0 Å². The van der Waals surface area contributed by atoms with E-state index in [9.17, 15) is 9.59 Å². The van der Waals surface area contributed by atoms with E-state index in [-0.39, 0.29) is 30.3 Å². The Morgan fingerprint density at radius 3 is 2.12 bits per heavy atom. The first-order valence-electron chi connectivity index (χ1n) is 5.79. The summed E-state index contributed by atoms with van der Waals surface area (Å²) in [5, 5.41) is 2.78. The second-order valence-electron chi connectivity index (χ2n) is 4.83. The summed E-state index contributed by atoms with van der Waals surface area (Å²) in [4.78, 5) is 24.9. The molecule has 0 fully saturated rings. The van der Waals surface area contributed by atoms with E-state index in [1.54, 1.807) is 11.9 Å². The second-order valence-corrected chi connectivity index (χ2v) is 4.83. The van der Waals surface area contributed by atoms with Gasteiger partial charge < -0.3 is 5.32 Å². The first-order valence-corrected chi connectivity index (χ1v) is 5.79. The lowest BCUT2D eigenvalue weighted by atomic mass is 10.0. The van der Waals surface area contributed by atoms with Crippen LogP contribution in [0.5, 0.6) is 0 Å². The molecule has 0 bridgehead atoms. The number of nitrogens with zero attached hydrogens (tertiary/aromatic N) is 1. The normalized spacial score (nSPS) is 13.0. The van der Waals surface area contributed by atoms with Gasteiger partial charge in [-0.15, -0.1) is 0 Å². The monoisotopic (exact) mass is 244 g/mol. The van der Waals surface area contributed by atoms with Gasteiger partial charge in [0.2, 0.25) is 5.91 Å². The lowest BCUT2D eigenvalue weighted by Gasteiger charge is -2.29. The summed E-state index contributed by atoms with van der Waals surface area (Å²) in [7, 11) is 1.74. The van der Waals surface area contributed by atoms with Gasteiger partial charge in [-0.05, 0) is 26.8 Å². The van der Waals surface area contributed by atoms with E-state index in [0.717, 1.165) is 0 Å². The Kier molecular flexibility index (Phi) is 6.75. The van der Waals surface area contributed by atoms with Crippen LogP contribution in [0.1, 0.15) is 27.7 Å². The molecule has 0 aromatic carbocycles. The Morgan fingerprint density at radius 1 is 1.24 bits per heavy atom. The molecule has 0 radical (unpaired) electrons. The van der Waals surface area contributed by atoms with Crippen LogP contribution < -0.4 is 16.6 Å². The van der Waals surface area contributed by atoms with Crippen molar-refractivity contribution in [2.45, 2.75) is 39.8 Å². The largest absolute Gasteiger partial charge is 0.353 e. The van der Waals surface area contributed by atoms with Crippen LogP contribution in [0.2, 0.25) is 0 Å². The Hall–Kier alpha value is -1.14. The number of hydrogen-bond donors (Lipinski definition) is 3. The van der Waals surface area contributed by atoms with Gasteiger partial charge in [0.1, 0.15) is 0 Å². The smallest absolute Gasteiger partial charge is 0.251 e. The zero-order valence-electron chi connectivity index (χ0n) is 11.3. The molecule has 0 saturated carbocycles. The van der Waals surface area contributed by atoms with Crippen molar-refractivity contribution in [3.8, 4) is 0 Å². The molecule has 0 aromatic rings. The quantitative estimate of drug-likeness (QED) is 0.332. The summed E-state index contributed by atoms with van der Waals surface area (Å²) >= 11 is 0. The van der Waals surface area contributed by atoms with Crippen LogP contribution in [0.15, 0.2) is 0 Å². The minimum Gasteiger partial charge on any atom is -0.353 e. The zero-order chi connectivity index (χ0) is 13.6.